The van der Waals surface area contributed by atoms with Crippen molar-refractivity contribution in [2.75, 3.05) is 22.9 Å². The lowest BCUT2D eigenvalue weighted by molar-refractivity contribution is 0.614. The molecule has 2 fully saturated rings. The molecule has 2 aliphatic rings. The zero-order valence-corrected chi connectivity index (χ0v) is 17.1. The van der Waals surface area contributed by atoms with Crippen LogP contribution in [-0.2, 0) is 7.05 Å². The Morgan fingerprint density at radius 2 is 1.81 bits per heavy atom. The van der Waals surface area contributed by atoms with E-state index in [2.05, 4.69) is 36.9 Å². The van der Waals surface area contributed by atoms with E-state index in [1.807, 2.05) is 24.4 Å². The average Bonchev–Trinajstić information content (AvgIpc) is 3.42. The molecule has 2 saturated heterocycles. The van der Waals surface area contributed by atoms with Crippen LogP contribution in [0.4, 0.5) is 11.6 Å². The number of pyridine rings is 1. The fraction of sp³-hybridized carbons (Fsp3) is 0.261. The van der Waals surface area contributed by atoms with Crippen LogP contribution in [0.5, 0.6) is 0 Å². The van der Waals surface area contributed by atoms with Crippen LogP contribution in [0.3, 0.4) is 0 Å². The van der Waals surface area contributed by atoms with Crippen molar-refractivity contribution in [2.45, 2.75) is 18.5 Å². The Morgan fingerprint density at radius 3 is 2.61 bits per heavy atom. The van der Waals surface area contributed by atoms with E-state index in [4.69, 9.17) is 4.98 Å². The lowest BCUT2D eigenvalue weighted by Crippen LogP contribution is -2.48. The third-order valence-corrected chi connectivity index (χ3v) is 6.36. The van der Waals surface area contributed by atoms with Crippen LogP contribution in [0, 0.1) is 0 Å². The topological polar surface area (TPSA) is 80.0 Å². The van der Waals surface area contributed by atoms with E-state index in [-0.39, 0.29) is 5.56 Å². The number of hydrogen-bond acceptors (Lipinski definition) is 7. The maximum Gasteiger partial charge on any atom is 0.255 e. The molecule has 154 valence electrons. The third kappa shape index (κ3) is 2.94. The number of anilines is 2. The Kier molecular flexibility index (Phi) is 3.99. The highest BCUT2D eigenvalue weighted by Crippen LogP contribution is 2.37. The minimum absolute atomic E-state index is 0.0861. The molecule has 4 aromatic rings. The molecular formula is C23H21N7O. The summed E-state index contributed by atoms with van der Waals surface area (Å²) >= 11 is 0. The van der Waals surface area contributed by atoms with Gasteiger partial charge in [0, 0.05) is 43.8 Å². The van der Waals surface area contributed by atoms with E-state index in [1.54, 1.807) is 23.9 Å². The van der Waals surface area contributed by atoms with Crippen molar-refractivity contribution >= 4 is 22.5 Å². The highest BCUT2D eigenvalue weighted by Gasteiger charge is 2.44. The van der Waals surface area contributed by atoms with Gasteiger partial charge in [0.05, 0.1) is 34.8 Å². The van der Waals surface area contributed by atoms with Crippen molar-refractivity contribution in [1.29, 1.82) is 0 Å². The smallest absolute Gasteiger partial charge is 0.255 e. The maximum atomic E-state index is 12.6. The van der Waals surface area contributed by atoms with Gasteiger partial charge in [0.15, 0.2) is 0 Å². The first kappa shape index (κ1) is 18.0. The fourth-order valence-corrected chi connectivity index (χ4v) is 4.80. The zero-order valence-electron chi connectivity index (χ0n) is 17.1. The first-order valence-corrected chi connectivity index (χ1v) is 10.4. The number of benzene rings is 1. The van der Waals surface area contributed by atoms with E-state index in [9.17, 15) is 4.79 Å². The van der Waals surface area contributed by atoms with Gasteiger partial charge in [-0.2, -0.15) is 0 Å². The average molecular weight is 411 g/mol. The van der Waals surface area contributed by atoms with Crippen molar-refractivity contribution in [2.24, 2.45) is 7.05 Å². The molecule has 6 rings (SSSR count). The molecule has 8 nitrogen and oxygen atoms in total. The Labute approximate surface area is 178 Å². The van der Waals surface area contributed by atoms with Gasteiger partial charge in [-0.25, -0.2) is 15.0 Å². The first-order valence-electron chi connectivity index (χ1n) is 10.4. The van der Waals surface area contributed by atoms with Crippen LogP contribution in [0.15, 0.2) is 66.0 Å². The number of para-hydroxylation sites is 1. The third-order valence-electron chi connectivity index (χ3n) is 6.36. The van der Waals surface area contributed by atoms with Gasteiger partial charge in [0.1, 0.15) is 6.33 Å². The number of piperazine rings is 1. The van der Waals surface area contributed by atoms with Crippen LogP contribution in [-0.4, -0.2) is 49.7 Å². The number of fused-ring (bicyclic) bond motifs is 3. The van der Waals surface area contributed by atoms with Crippen LogP contribution < -0.4 is 15.4 Å². The van der Waals surface area contributed by atoms with Crippen molar-refractivity contribution in [3.63, 3.8) is 0 Å². The SMILES string of the molecule is Cn1c(N2CC3C[C@@H]2CN3c2cnc3ccccc3c2)nc(-c2ccncn2)cc1=O. The zero-order chi connectivity index (χ0) is 20.9. The van der Waals surface area contributed by atoms with Crippen molar-refractivity contribution in [3.8, 4) is 11.4 Å². The van der Waals surface area contributed by atoms with Gasteiger partial charge in [0.2, 0.25) is 5.95 Å². The maximum absolute atomic E-state index is 12.6. The molecule has 0 amide bonds. The summed E-state index contributed by atoms with van der Waals surface area (Å²) in [7, 11) is 1.78. The highest BCUT2D eigenvalue weighted by molar-refractivity contribution is 5.82. The van der Waals surface area contributed by atoms with Crippen LogP contribution in [0.2, 0.25) is 0 Å². The summed E-state index contributed by atoms with van der Waals surface area (Å²) in [6, 6.07) is 14.4. The Morgan fingerprint density at radius 1 is 0.968 bits per heavy atom. The monoisotopic (exact) mass is 411 g/mol. The predicted octanol–water partition coefficient (Wildman–Crippen LogP) is 2.25. The molecular weight excluding hydrogens is 390 g/mol. The molecule has 5 heterocycles. The molecule has 0 spiro atoms. The predicted molar refractivity (Wildman–Crippen MR) is 119 cm³/mol. The molecule has 2 atom stereocenters. The summed E-state index contributed by atoms with van der Waals surface area (Å²) < 4.78 is 1.63. The molecule has 31 heavy (non-hydrogen) atoms. The highest BCUT2D eigenvalue weighted by atomic mass is 16.1. The second-order valence-electron chi connectivity index (χ2n) is 8.17. The lowest BCUT2D eigenvalue weighted by Gasteiger charge is -2.36. The molecule has 2 aliphatic heterocycles. The molecule has 1 aromatic carbocycles. The van der Waals surface area contributed by atoms with E-state index >= 15 is 0 Å². The molecule has 3 aromatic heterocycles. The van der Waals surface area contributed by atoms with E-state index in [0.717, 1.165) is 36.1 Å². The quantitative estimate of drug-likeness (QED) is 0.512. The molecule has 0 N–H and O–H groups in total. The van der Waals surface area contributed by atoms with Crippen molar-refractivity contribution in [1.82, 2.24) is 24.5 Å². The molecule has 2 bridgehead atoms. The van der Waals surface area contributed by atoms with E-state index in [0.29, 0.717) is 29.4 Å². The Balaban J connectivity index is 1.31. The summed E-state index contributed by atoms with van der Waals surface area (Å²) in [6.45, 7) is 1.71. The molecule has 0 aliphatic carbocycles. The summed E-state index contributed by atoms with van der Waals surface area (Å²) in [5.74, 6) is 0.699. The fourth-order valence-electron chi connectivity index (χ4n) is 4.80. The lowest BCUT2D eigenvalue weighted by atomic mass is 10.2. The molecule has 1 unspecified atom stereocenters. The standard InChI is InChI=1S/C23H21N7O/c1-28-22(31)10-21(20-6-7-24-14-26-20)27-23(28)30-13-17-9-18(30)12-29(17)16-8-15-4-2-3-5-19(15)25-11-16/h2-8,10-11,14,17-18H,9,12-13H2,1H3/t17?,18-/m1/s1. The van der Waals surface area contributed by atoms with Crippen molar-refractivity contribution < 1.29 is 0 Å². The summed E-state index contributed by atoms with van der Waals surface area (Å²) in [4.78, 5) is 35.0. The summed E-state index contributed by atoms with van der Waals surface area (Å²) in [5.41, 5.74) is 3.32. The van der Waals surface area contributed by atoms with Gasteiger partial charge >= 0.3 is 0 Å². The minimum atomic E-state index is -0.0861. The van der Waals surface area contributed by atoms with E-state index in [1.165, 1.54) is 12.4 Å². The first-order chi connectivity index (χ1) is 15.2. The van der Waals surface area contributed by atoms with Crippen LogP contribution in [0.25, 0.3) is 22.3 Å². The normalized spacial score (nSPS) is 20.0. The van der Waals surface area contributed by atoms with E-state index < -0.39 is 0 Å². The molecule has 0 saturated carbocycles. The summed E-state index contributed by atoms with van der Waals surface area (Å²) in [5, 5.41) is 1.15. The van der Waals surface area contributed by atoms with Crippen LogP contribution in [0.1, 0.15) is 6.42 Å². The van der Waals surface area contributed by atoms with Gasteiger partial charge in [0.25, 0.3) is 5.56 Å². The second-order valence-corrected chi connectivity index (χ2v) is 8.17. The van der Waals surface area contributed by atoms with Gasteiger partial charge in [-0.1, -0.05) is 18.2 Å². The second kappa shape index (κ2) is 6.87. The minimum Gasteiger partial charge on any atom is -0.363 e. The number of nitrogens with zero attached hydrogens (tertiary/aromatic N) is 7. The van der Waals surface area contributed by atoms with Gasteiger partial charge in [-0.05, 0) is 24.6 Å². The number of hydrogen-bond donors (Lipinski definition) is 0. The van der Waals surface area contributed by atoms with Gasteiger partial charge in [-0.3, -0.25) is 14.3 Å². The van der Waals surface area contributed by atoms with Gasteiger partial charge < -0.3 is 9.80 Å². The number of aromatic nitrogens is 5. The van der Waals surface area contributed by atoms with Gasteiger partial charge in [-0.15, -0.1) is 0 Å². The molecule has 0 radical (unpaired) electrons. The number of rotatable bonds is 3. The Hall–Kier alpha value is -3.81. The largest absolute Gasteiger partial charge is 0.363 e. The Bertz CT molecular complexity index is 1340. The summed E-state index contributed by atoms with van der Waals surface area (Å²) in [6.07, 6.45) is 6.15. The van der Waals surface area contributed by atoms with Crippen molar-refractivity contribution in [3.05, 3.63) is 71.5 Å². The van der Waals surface area contributed by atoms with Crippen LogP contribution >= 0.6 is 0 Å². The molecule has 8 heteroatoms.